The van der Waals surface area contributed by atoms with Crippen LogP contribution in [0.5, 0.6) is 5.75 Å². The van der Waals surface area contributed by atoms with Crippen molar-refractivity contribution in [2.75, 3.05) is 7.11 Å². The van der Waals surface area contributed by atoms with Gasteiger partial charge in [0.2, 0.25) is 0 Å². The highest BCUT2D eigenvalue weighted by molar-refractivity contribution is 5.91. The van der Waals surface area contributed by atoms with E-state index in [1.165, 1.54) is 65.5 Å². The summed E-state index contributed by atoms with van der Waals surface area (Å²) in [5.41, 5.74) is 8.87. The quantitative estimate of drug-likeness (QED) is 0.0725. The Morgan fingerprint density at radius 2 is 1.63 bits per heavy atom. The molecule has 0 radical (unpaired) electrons. The number of fused-ring (bicyclic) bond motifs is 7. The number of carbonyl (C=O) groups excluding carboxylic acids is 3. The lowest BCUT2D eigenvalue weighted by Crippen LogP contribution is -2.54. The molecule has 2 unspecified atom stereocenters. The summed E-state index contributed by atoms with van der Waals surface area (Å²) in [4.78, 5) is 33.0. The molecule has 0 amide bonds. The molecule has 8 heteroatoms. The second-order valence-electron chi connectivity index (χ2n) is 23.8. The predicted molar refractivity (Wildman–Crippen MR) is 314 cm³/mol. The topological polar surface area (TPSA) is 108 Å². The summed E-state index contributed by atoms with van der Waals surface area (Å²) in [7, 11) is 1.71. The molecule has 2 aliphatic carbocycles. The molecule has 422 valence electrons. The third kappa shape index (κ3) is 22.8. The largest absolute Gasteiger partial charge is 0.496 e. The van der Waals surface area contributed by atoms with Crippen LogP contribution in [0.2, 0.25) is 0 Å². The van der Waals surface area contributed by atoms with Gasteiger partial charge in [-0.1, -0.05) is 126 Å². The number of ketones is 1. The van der Waals surface area contributed by atoms with E-state index in [0.29, 0.717) is 35.0 Å². The SMILES string of the molecule is C=C(C)C1CC=C(C)CC1.C=C(C)[C@@H]1CC[C@@H](C)C(=O)C1.C=C1C(=O)O[C@H]2[C@H]3O[C@@H](C[C@@H]12)[C@@]1(C)CC[C@H](O1)/C(C)=C/CC[C@H]3C.C=CC(C)(O)CCC=C(C)C.CCCCCC=O.COc1cc(C(C)C)ccc1C. The van der Waals surface area contributed by atoms with E-state index >= 15 is 0 Å². The van der Waals surface area contributed by atoms with Gasteiger partial charge in [0.05, 0.1) is 36.6 Å². The van der Waals surface area contributed by atoms with E-state index in [0.717, 1.165) is 95.0 Å². The summed E-state index contributed by atoms with van der Waals surface area (Å²) in [5.74, 6) is 3.67. The molecule has 0 aromatic heterocycles. The molecule has 4 bridgehead atoms. The van der Waals surface area contributed by atoms with Gasteiger partial charge in [0, 0.05) is 30.3 Å². The molecule has 8 nitrogen and oxygen atoms in total. The van der Waals surface area contributed by atoms with Gasteiger partial charge in [0.1, 0.15) is 23.9 Å². The second kappa shape index (κ2) is 33.2. The van der Waals surface area contributed by atoms with Crippen LogP contribution in [-0.2, 0) is 28.6 Å². The van der Waals surface area contributed by atoms with Crippen molar-refractivity contribution < 1.29 is 38.4 Å². The molecule has 6 aliphatic rings. The van der Waals surface area contributed by atoms with Crippen LogP contribution in [0.4, 0.5) is 0 Å². The van der Waals surface area contributed by atoms with Crippen LogP contribution in [0.1, 0.15) is 216 Å². The van der Waals surface area contributed by atoms with Gasteiger partial charge < -0.3 is 28.8 Å². The molecular formula is C67H106O8. The number of methoxy groups -OCH3 is 1. The highest BCUT2D eigenvalue weighted by atomic mass is 16.6. The van der Waals surface area contributed by atoms with Gasteiger partial charge in [-0.25, -0.2) is 4.79 Å². The Hall–Kier alpha value is -4.11. The van der Waals surface area contributed by atoms with E-state index in [4.69, 9.17) is 18.9 Å². The number of aldehydes is 1. The number of carbonyl (C=O) groups is 3. The summed E-state index contributed by atoms with van der Waals surface area (Å²) >= 11 is 0. The normalized spacial score (nSPS) is 29.0. The van der Waals surface area contributed by atoms with Gasteiger partial charge in [-0.3, -0.25) is 4.79 Å². The maximum Gasteiger partial charge on any atom is 0.334 e. The Labute approximate surface area is 458 Å². The Morgan fingerprint density at radius 3 is 2.17 bits per heavy atom. The fourth-order valence-corrected chi connectivity index (χ4v) is 10.3. The minimum atomic E-state index is -0.702. The molecule has 1 saturated carbocycles. The summed E-state index contributed by atoms with van der Waals surface area (Å²) in [5, 5.41) is 9.49. The van der Waals surface area contributed by atoms with Gasteiger partial charge in [0.25, 0.3) is 0 Å². The Morgan fingerprint density at radius 1 is 0.947 bits per heavy atom. The second-order valence-corrected chi connectivity index (χ2v) is 23.8. The third-order valence-corrected chi connectivity index (χ3v) is 16.3. The number of aliphatic hydroxyl groups is 1. The molecule has 0 spiro atoms. The zero-order valence-electron chi connectivity index (χ0n) is 50.0. The molecule has 11 atom stereocenters. The van der Waals surface area contributed by atoms with E-state index in [1.807, 2.05) is 13.8 Å². The van der Waals surface area contributed by atoms with Crippen molar-refractivity contribution in [3.8, 4) is 5.75 Å². The molecule has 4 aliphatic heterocycles. The smallest absolute Gasteiger partial charge is 0.334 e. The number of unbranched alkanes of at least 4 members (excludes halogenated alkanes) is 3. The van der Waals surface area contributed by atoms with Crippen LogP contribution in [0.15, 0.2) is 102 Å². The van der Waals surface area contributed by atoms with Crippen LogP contribution in [0.25, 0.3) is 0 Å². The fraction of sp³-hybridized carbons (Fsp3) is 0.657. The van der Waals surface area contributed by atoms with Crippen molar-refractivity contribution in [2.24, 2.45) is 29.6 Å². The van der Waals surface area contributed by atoms with Gasteiger partial charge in [-0.05, 0) is 192 Å². The first kappa shape index (κ1) is 67.0. The van der Waals surface area contributed by atoms with Crippen molar-refractivity contribution in [1.29, 1.82) is 0 Å². The molecule has 1 N–H and O–H groups in total. The average Bonchev–Trinajstić information content (AvgIpc) is 3.91. The highest BCUT2D eigenvalue weighted by Crippen LogP contribution is 2.48. The summed E-state index contributed by atoms with van der Waals surface area (Å²) in [6, 6.07) is 6.37. The summed E-state index contributed by atoms with van der Waals surface area (Å²) in [6.45, 7) is 44.8. The van der Waals surface area contributed by atoms with Crippen molar-refractivity contribution >= 4 is 18.0 Å². The van der Waals surface area contributed by atoms with Crippen LogP contribution in [-0.4, -0.2) is 65.9 Å². The van der Waals surface area contributed by atoms with Crippen molar-refractivity contribution in [3.63, 3.8) is 0 Å². The fourth-order valence-electron chi connectivity index (χ4n) is 10.3. The van der Waals surface area contributed by atoms with Crippen molar-refractivity contribution in [1.82, 2.24) is 0 Å². The van der Waals surface area contributed by atoms with Crippen LogP contribution < -0.4 is 4.74 Å². The average molecular weight is 1040 g/mol. The zero-order chi connectivity index (χ0) is 56.6. The lowest BCUT2D eigenvalue weighted by Gasteiger charge is -2.45. The van der Waals surface area contributed by atoms with Crippen molar-refractivity contribution in [3.05, 3.63) is 113 Å². The number of hydrogen-bond donors (Lipinski definition) is 1. The number of allylic oxidation sites excluding steroid dienone is 7. The number of esters is 1. The van der Waals surface area contributed by atoms with Gasteiger partial charge in [-0.2, -0.15) is 0 Å². The van der Waals surface area contributed by atoms with E-state index in [9.17, 15) is 19.5 Å². The van der Waals surface area contributed by atoms with Crippen LogP contribution >= 0.6 is 0 Å². The van der Waals surface area contributed by atoms with E-state index < -0.39 is 5.60 Å². The molecular weight excluding hydrogens is 933 g/mol. The molecule has 4 heterocycles. The van der Waals surface area contributed by atoms with Crippen molar-refractivity contribution in [2.45, 2.75) is 248 Å². The highest BCUT2D eigenvalue weighted by Gasteiger charge is 2.55. The number of aryl methyl sites for hydroxylation is 1. The summed E-state index contributed by atoms with van der Waals surface area (Å²) < 4.78 is 23.9. The first-order valence-corrected chi connectivity index (χ1v) is 28.7. The van der Waals surface area contributed by atoms with Crippen LogP contribution in [0.3, 0.4) is 0 Å². The molecule has 1 aromatic rings. The molecule has 75 heavy (non-hydrogen) atoms. The number of rotatable bonds is 12. The number of hydrogen-bond acceptors (Lipinski definition) is 8. The van der Waals surface area contributed by atoms with Gasteiger partial charge in [-0.15, -0.1) is 6.58 Å². The standard InChI is InChI=1S/C20H28O4.C11H16O.C10H16O.C10H18O.C10H16.C6H12O/c1-11-6-5-7-12(2)17-18-14(13(3)19(21)23-18)10-16(22-17)20(4)9-8-15(11)24-20;1-8(2)10-6-5-9(3)11(7-10)12-4;1-7(2)9-5-4-8(3)10(11)6-9;1-5-10(4,11)8-6-7-9(2)3;1-8(2)10-6-4-9(3)5-7-10;1-2-3-4-5-6-7/h6,12,14-18H,3,5,7-10H2,1-2,4H3;5-8H,1-4H3;8-9H,1,4-6H2,2-3H3;5,7,11H,1,6,8H2,2-4H3;4,10H,1,5-7H2,2-3H3;6H,2-5H2,1H3/b11-6+;;;;;/t12-,14+,15+,16+,17+,18-,20-;;8-,9-;;;/m1.1.../s1. The first-order valence-electron chi connectivity index (χ1n) is 28.7. The Bertz CT molecular complexity index is 2100. The van der Waals surface area contributed by atoms with Gasteiger partial charge in [0.15, 0.2) is 0 Å². The van der Waals surface area contributed by atoms with E-state index in [2.05, 4.69) is 139 Å². The van der Waals surface area contributed by atoms with E-state index in [-0.39, 0.29) is 41.9 Å². The minimum Gasteiger partial charge on any atom is -0.496 e. The lowest BCUT2D eigenvalue weighted by atomic mass is 9.77. The lowest BCUT2D eigenvalue weighted by molar-refractivity contribution is -0.212. The minimum absolute atomic E-state index is 0.00616. The monoisotopic (exact) mass is 1040 g/mol. The Kier molecular flexibility index (Phi) is 29.7. The van der Waals surface area contributed by atoms with Gasteiger partial charge >= 0.3 is 5.97 Å². The number of Topliss-reactive ketones (excluding diaryl/α,β-unsaturated/α-hetero) is 1. The third-order valence-electron chi connectivity index (χ3n) is 16.3. The maximum absolute atomic E-state index is 12.1. The summed E-state index contributed by atoms with van der Waals surface area (Å²) in [6.07, 6.45) is 26.8. The maximum atomic E-state index is 12.1. The number of benzene rings is 1. The molecule has 4 fully saturated rings. The molecule has 3 saturated heterocycles. The number of ether oxygens (including phenoxy) is 4. The molecule has 7 rings (SSSR count). The Balaban J connectivity index is 0.000000327. The molecule has 1 aromatic carbocycles. The van der Waals surface area contributed by atoms with Crippen LogP contribution in [0, 0.1) is 36.5 Å². The van der Waals surface area contributed by atoms with E-state index in [1.54, 1.807) is 25.7 Å². The first-order chi connectivity index (χ1) is 35.2. The zero-order valence-corrected chi connectivity index (χ0v) is 50.0. The predicted octanol–water partition coefficient (Wildman–Crippen LogP) is 17.0.